The molecule has 590 valence electrons. The summed E-state index contributed by atoms with van der Waals surface area (Å²) in [4.78, 5) is 202. The Kier molecular flexibility index (Phi) is 37.8. The molecule has 1 aromatic rings. The number of amides is 13. The molecule has 105 heavy (non-hydrogen) atoms. The summed E-state index contributed by atoms with van der Waals surface area (Å²) in [5.41, 5.74) is 6.34. The summed E-state index contributed by atoms with van der Waals surface area (Å²) in [6.07, 6.45) is 1.02. The van der Waals surface area contributed by atoms with Gasteiger partial charge in [-0.1, -0.05) is 166 Å². The Bertz CT molecular complexity index is 3160. The number of carbonyl (C=O) groups is 14. The lowest BCUT2D eigenvalue weighted by Gasteiger charge is -2.33. The van der Waals surface area contributed by atoms with Gasteiger partial charge in [-0.15, -0.1) is 0 Å². The Morgan fingerprint density at radius 3 is 1.69 bits per heavy atom. The number of hydrogen-bond donors (Lipinski definition) is 14. The normalized spacial score (nSPS) is 22.6. The number of likely N-dealkylation sites (tertiary alicyclic amines) is 1. The molecular weight excluding hydrogens is 1350 g/mol. The van der Waals surface area contributed by atoms with Crippen molar-refractivity contribution >= 4 is 82.8 Å². The smallest absolute Gasteiger partial charge is 0.329 e. The number of esters is 1. The third-order valence-electron chi connectivity index (χ3n) is 19.3. The number of nitrogens with one attached hydrogen (secondary N) is 12. The van der Waals surface area contributed by atoms with Crippen molar-refractivity contribution in [2.24, 2.45) is 53.1 Å². The molecule has 0 saturated carbocycles. The van der Waals surface area contributed by atoms with Crippen molar-refractivity contribution in [1.29, 1.82) is 0 Å². The first-order valence-corrected chi connectivity index (χ1v) is 37.5. The van der Waals surface area contributed by atoms with Gasteiger partial charge < -0.3 is 84.3 Å². The van der Waals surface area contributed by atoms with Gasteiger partial charge in [0, 0.05) is 19.4 Å². The van der Waals surface area contributed by atoms with Crippen LogP contribution in [-0.2, 0) is 78.3 Å². The first-order chi connectivity index (χ1) is 49.2. The molecule has 0 aliphatic carbocycles. The third-order valence-corrected chi connectivity index (χ3v) is 19.3. The SMILES string of the molecule is CC=C1NC(=O)[C@H](Cc2ccccc2)NC(=O)[C@@H](C(C)C)NC(=O)[C@@H](C(C)CC)NC(=O)[C@H](NC(=O)[C@@H](NC(=O)[C@H](CCCN)NC(=O)[C@H]2CCCN2C(=O)[C@H](NC(=O)[C@@H](NC(=O)[C@@H](NC(=O)[C@H](NC(=O)CCCC(C)C)C(C)C)C(C)O)C(C)C)C(C)C)C(C)CC)C(C)OC(=O)[C@H](C(C)C)NC1=O. The largest absolute Gasteiger partial charge is 0.458 e. The first kappa shape index (κ1) is 90.7. The highest BCUT2D eigenvalue weighted by Crippen LogP contribution is 2.23. The van der Waals surface area contributed by atoms with E-state index in [1.54, 1.807) is 127 Å². The van der Waals surface area contributed by atoms with E-state index < -0.39 is 203 Å². The summed E-state index contributed by atoms with van der Waals surface area (Å²) >= 11 is 0. The number of aliphatic hydroxyl groups is 1. The fourth-order valence-corrected chi connectivity index (χ4v) is 12.1. The number of benzene rings is 1. The molecule has 30 heteroatoms. The first-order valence-electron chi connectivity index (χ1n) is 37.5. The zero-order chi connectivity index (χ0) is 79.4. The molecule has 0 bridgehead atoms. The van der Waals surface area contributed by atoms with Crippen LogP contribution in [0.25, 0.3) is 0 Å². The quantitative estimate of drug-likeness (QED) is 0.0353. The van der Waals surface area contributed by atoms with Gasteiger partial charge in [-0.3, -0.25) is 62.3 Å². The number of carbonyl (C=O) groups excluding carboxylic acids is 14. The van der Waals surface area contributed by atoms with Gasteiger partial charge in [0.1, 0.15) is 84.3 Å². The Morgan fingerprint density at radius 1 is 0.610 bits per heavy atom. The molecule has 0 radical (unpaired) electrons. The standard InChI is InChI=1S/C75H124N14O16/c1-20-44(16)59(71(100)88-62-47(19)105-75(104)58(43(14)15)84-63(92)49(22-3)77-65(94)51(37-48-30-24-23-25-31-48)79-67(96)55(40(8)9)81-70(99)60(45(17)21-2)86-73(62)102)85-64(93)50(32-27-35-76)78-66(95)52-33-28-36-89(52)74(103)57(42(12)13)83-69(98)56(41(10)11)82-72(101)61(46(18)90)87-68(97)54(39(6)7)80-53(91)34-26-29-38(4)5/h22-25,30-31,38-47,50-52,54-62,90H,20-21,26-29,32-37,76H2,1-19H3,(H,77,94)(H,78,95)(H,79,96)(H,80,91)(H,81,99)(H,82,101)(H,83,98)(H,84,92)(H,85,93)(H,86,102)(H,87,97)(H,88,100)/t44?,45?,46?,47?,50-,51-,52+,54+,55+,56-,57+,58-,59-,60+,61-,62+/m0/s1. The Balaban J connectivity index is 2.00. The second-order valence-electron chi connectivity index (χ2n) is 30.2. The van der Waals surface area contributed by atoms with Crippen LogP contribution in [0, 0.1) is 47.3 Å². The molecule has 0 spiro atoms. The molecule has 2 aliphatic rings. The summed E-state index contributed by atoms with van der Waals surface area (Å²) in [5, 5.41) is 43.2. The van der Waals surface area contributed by atoms with Crippen LogP contribution in [0.4, 0.5) is 0 Å². The highest BCUT2D eigenvalue weighted by atomic mass is 16.5. The van der Waals surface area contributed by atoms with Crippen LogP contribution in [-0.4, -0.2) is 191 Å². The molecule has 3 rings (SSSR count). The summed E-state index contributed by atoms with van der Waals surface area (Å²) in [7, 11) is 0. The summed E-state index contributed by atoms with van der Waals surface area (Å²) in [5.74, 6) is -15.1. The number of rotatable bonds is 33. The Hall–Kier alpha value is -8.54. The van der Waals surface area contributed by atoms with Crippen molar-refractivity contribution in [3.05, 3.63) is 47.7 Å². The zero-order valence-electron chi connectivity index (χ0n) is 65.2. The van der Waals surface area contributed by atoms with E-state index in [0.29, 0.717) is 30.7 Å². The highest BCUT2D eigenvalue weighted by molar-refractivity contribution is 6.03. The molecule has 0 aromatic heterocycles. The van der Waals surface area contributed by atoms with Crippen LogP contribution >= 0.6 is 0 Å². The monoisotopic (exact) mass is 1480 g/mol. The summed E-state index contributed by atoms with van der Waals surface area (Å²) < 4.78 is 5.96. The van der Waals surface area contributed by atoms with Crippen molar-refractivity contribution < 1.29 is 77.0 Å². The molecule has 16 atom stereocenters. The van der Waals surface area contributed by atoms with Crippen molar-refractivity contribution in [2.45, 2.75) is 280 Å². The lowest BCUT2D eigenvalue weighted by molar-refractivity contribution is -0.157. The van der Waals surface area contributed by atoms with E-state index in [0.717, 1.165) is 6.42 Å². The van der Waals surface area contributed by atoms with Gasteiger partial charge in [0.25, 0.3) is 5.91 Å². The van der Waals surface area contributed by atoms with Crippen LogP contribution in [0.2, 0.25) is 0 Å². The van der Waals surface area contributed by atoms with Crippen molar-refractivity contribution in [3.8, 4) is 0 Å². The van der Waals surface area contributed by atoms with Gasteiger partial charge >= 0.3 is 5.97 Å². The zero-order valence-corrected chi connectivity index (χ0v) is 65.2. The number of hydrogen-bond acceptors (Lipinski definition) is 17. The average molecular weight is 1480 g/mol. The molecule has 4 unspecified atom stereocenters. The number of aliphatic hydroxyl groups excluding tert-OH is 1. The second kappa shape index (κ2) is 43.8. The predicted molar refractivity (Wildman–Crippen MR) is 395 cm³/mol. The molecule has 2 heterocycles. The Morgan fingerprint density at radius 2 is 1.15 bits per heavy atom. The number of ether oxygens (including phenoxy) is 1. The maximum Gasteiger partial charge on any atom is 0.329 e. The van der Waals surface area contributed by atoms with Gasteiger partial charge in [0.15, 0.2) is 0 Å². The molecule has 1 aromatic carbocycles. The molecule has 13 amide bonds. The fourth-order valence-electron chi connectivity index (χ4n) is 12.1. The van der Waals surface area contributed by atoms with Crippen molar-refractivity contribution in [2.75, 3.05) is 13.1 Å². The second-order valence-corrected chi connectivity index (χ2v) is 30.2. The van der Waals surface area contributed by atoms with Gasteiger partial charge in [0.05, 0.1) is 6.10 Å². The number of allylic oxidation sites excluding steroid dienone is 1. The predicted octanol–water partition coefficient (Wildman–Crippen LogP) is 1.84. The van der Waals surface area contributed by atoms with Gasteiger partial charge in [-0.25, -0.2) is 4.79 Å². The van der Waals surface area contributed by atoms with E-state index in [1.807, 2.05) is 13.8 Å². The van der Waals surface area contributed by atoms with Crippen molar-refractivity contribution in [3.63, 3.8) is 0 Å². The molecule has 2 aliphatic heterocycles. The molecular formula is C75H124N14O16. The van der Waals surface area contributed by atoms with Crippen LogP contribution in [0.5, 0.6) is 0 Å². The van der Waals surface area contributed by atoms with E-state index in [9.17, 15) is 62.6 Å². The van der Waals surface area contributed by atoms with E-state index in [-0.39, 0.29) is 63.2 Å². The van der Waals surface area contributed by atoms with Crippen LogP contribution in [0.1, 0.15) is 195 Å². The number of nitrogens with zero attached hydrogens (tertiary/aromatic N) is 1. The summed E-state index contributed by atoms with van der Waals surface area (Å²) in [6, 6.07) is -7.67. The molecule has 15 N–H and O–H groups in total. The highest BCUT2D eigenvalue weighted by Gasteiger charge is 2.44. The van der Waals surface area contributed by atoms with Gasteiger partial charge in [-0.05, 0) is 112 Å². The van der Waals surface area contributed by atoms with E-state index >= 15 is 9.59 Å². The molecule has 2 saturated heterocycles. The lowest BCUT2D eigenvalue weighted by atomic mass is 9.95. The molecule has 2 fully saturated rings. The molecule has 30 nitrogen and oxygen atoms in total. The lowest BCUT2D eigenvalue weighted by Crippen LogP contribution is -2.64. The summed E-state index contributed by atoms with van der Waals surface area (Å²) in [6.45, 7) is 31.8. The Labute approximate surface area is 620 Å². The third kappa shape index (κ3) is 27.7. The maximum atomic E-state index is 15.0. The fraction of sp³-hybridized carbons (Fsp3) is 0.707. The minimum Gasteiger partial charge on any atom is -0.458 e. The van der Waals surface area contributed by atoms with Crippen molar-refractivity contribution in [1.82, 2.24) is 68.7 Å². The van der Waals surface area contributed by atoms with E-state index in [2.05, 4.69) is 63.8 Å². The minimum absolute atomic E-state index is 0.0355. The number of nitrogens with two attached hydrogens (primary N) is 1. The van der Waals surface area contributed by atoms with Crippen LogP contribution in [0.3, 0.4) is 0 Å². The maximum absolute atomic E-state index is 15.0. The topological polar surface area (TPSA) is 442 Å². The van der Waals surface area contributed by atoms with E-state index in [4.69, 9.17) is 10.5 Å². The minimum atomic E-state index is -1.83. The van der Waals surface area contributed by atoms with E-state index in [1.165, 1.54) is 31.7 Å². The average Bonchev–Trinajstić information content (AvgIpc) is 1.79. The van der Waals surface area contributed by atoms with Gasteiger partial charge in [-0.2, -0.15) is 0 Å². The number of cyclic esters (lactones) is 1. The van der Waals surface area contributed by atoms with Gasteiger partial charge in [0.2, 0.25) is 70.9 Å². The van der Waals surface area contributed by atoms with Crippen LogP contribution < -0.4 is 69.5 Å². The van der Waals surface area contributed by atoms with Crippen LogP contribution in [0.15, 0.2) is 42.1 Å².